The molecular weight excluding hydrogens is 224 g/mol. The van der Waals surface area contributed by atoms with Crippen LogP contribution in [0.2, 0.25) is 0 Å². The predicted octanol–water partition coefficient (Wildman–Crippen LogP) is 2.63. The minimum absolute atomic E-state index is 0.613. The smallest absolute Gasteiger partial charge is 0.136 e. The Morgan fingerprint density at radius 2 is 2.17 bits per heavy atom. The summed E-state index contributed by atoms with van der Waals surface area (Å²) in [5, 5.41) is 3.33. The van der Waals surface area contributed by atoms with Crippen molar-refractivity contribution in [1.29, 1.82) is 0 Å². The molecule has 0 radical (unpaired) electrons. The molecule has 0 amide bonds. The van der Waals surface area contributed by atoms with E-state index in [2.05, 4.69) is 35.1 Å². The quantitative estimate of drug-likeness (QED) is 0.886. The number of nitrogens with zero attached hydrogens (tertiary/aromatic N) is 3. The van der Waals surface area contributed by atoms with Crippen LogP contribution in [-0.2, 0) is 0 Å². The molecule has 0 aromatic carbocycles. The van der Waals surface area contributed by atoms with Gasteiger partial charge in [0, 0.05) is 31.6 Å². The highest BCUT2D eigenvalue weighted by Crippen LogP contribution is 2.39. The molecule has 3 rings (SSSR count). The van der Waals surface area contributed by atoms with E-state index in [0.717, 1.165) is 43.0 Å². The summed E-state index contributed by atoms with van der Waals surface area (Å²) in [6.45, 7) is 7.60. The Bertz CT molecular complexity index is 428. The summed E-state index contributed by atoms with van der Waals surface area (Å²) in [5.74, 6) is 4.55. The van der Waals surface area contributed by atoms with Gasteiger partial charge in [-0.05, 0) is 32.1 Å². The first-order valence-electron chi connectivity index (χ1n) is 7.14. The summed E-state index contributed by atoms with van der Waals surface area (Å²) in [7, 11) is 0. The SMILES string of the molecule is CCNc1cc(N2CCC(C)C2)nc(C2CC2)n1. The predicted molar refractivity (Wildman–Crippen MR) is 74.2 cm³/mol. The molecule has 18 heavy (non-hydrogen) atoms. The Balaban J connectivity index is 1.87. The zero-order chi connectivity index (χ0) is 12.5. The fourth-order valence-corrected chi connectivity index (χ4v) is 2.55. The number of hydrogen-bond acceptors (Lipinski definition) is 4. The van der Waals surface area contributed by atoms with Gasteiger partial charge in [0.25, 0.3) is 0 Å². The first-order chi connectivity index (χ1) is 8.76. The zero-order valence-electron chi connectivity index (χ0n) is 11.3. The maximum atomic E-state index is 4.77. The Morgan fingerprint density at radius 1 is 1.33 bits per heavy atom. The molecule has 1 aromatic rings. The summed E-state index contributed by atoms with van der Waals surface area (Å²) in [4.78, 5) is 11.8. The van der Waals surface area contributed by atoms with E-state index < -0.39 is 0 Å². The van der Waals surface area contributed by atoms with Crippen LogP contribution in [-0.4, -0.2) is 29.6 Å². The summed E-state index contributed by atoms with van der Waals surface area (Å²) < 4.78 is 0. The topological polar surface area (TPSA) is 41.0 Å². The Morgan fingerprint density at radius 3 is 2.78 bits per heavy atom. The molecule has 1 N–H and O–H groups in total. The molecule has 0 bridgehead atoms. The van der Waals surface area contributed by atoms with Gasteiger partial charge < -0.3 is 10.2 Å². The maximum absolute atomic E-state index is 4.77. The van der Waals surface area contributed by atoms with Crippen molar-refractivity contribution in [2.75, 3.05) is 29.9 Å². The molecule has 0 spiro atoms. The van der Waals surface area contributed by atoms with E-state index >= 15 is 0 Å². The van der Waals surface area contributed by atoms with Crippen LogP contribution in [0.1, 0.15) is 44.9 Å². The minimum Gasteiger partial charge on any atom is -0.370 e. The second kappa shape index (κ2) is 4.75. The summed E-state index contributed by atoms with van der Waals surface area (Å²) in [6.07, 6.45) is 3.79. The van der Waals surface area contributed by atoms with Crippen LogP contribution >= 0.6 is 0 Å². The van der Waals surface area contributed by atoms with Crippen LogP contribution in [0.25, 0.3) is 0 Å². The Hall–Kier alpha value is -1.32. The molecule has 4 heteroatoms. The molecule has 98 valence electrons. The van der Waals surface area contributed by atoms with Gasteiger partial charge in [-0.25, -0.2) is 9.97 Å². The lowest BCUT2D eigenvalue weighted by Crippen LogP contribution is -2.21. The van der Waals surface area contributed by atoms with E-state index in [1.807, 2.05) is 0 Å². The van der Waals surface area contributed by atoms with Gasteiger partial charge in [-0.15, -0.1) is 0 Å². The summed E-state index contributed by atoms with van der Waals surface area (Å²) in [5.41, 5.74) is 0. The summed E-state index contributed by atoms with van der Waals surface area (Å²) >= 11 is 0. The Kier molecular flexibility index (Phi) is 3.10. The van der Waals surface area contributed by atoms with Gasteiger partial charge in [-0.3, -0.25) is 0 Å². The second-order valence-corrected chi connectivity index (χ2v) is 5.61. The monoisotopic (exact) mass is 246 g/mol. The van der Waals surface area contributed by atoms with Crippen molar-refractivity contribution in [3.63, 3.8) is 0 Å². The molecule has 1 saturated heterocycles. The molecule has 2 aliphatic rings. The average molecular weight is 246 g/mol. The van der Waals surface area contributed by atoms with Crippen molar-refractivity contribution < 1.29 is 0 Å². The lowest BCUT2D eigenvalue weighted by Gasteiger charge is -2.18. The number of rotatable bonds is 4. The highest BCUT2D eigenvalue weighted by atomic mass is 15.2. The second-order valence-electron chi connectivity index (χ2n) is 5.61. The van der Waals surface area contributed by atoms with Crippen molar-refractivity contribution in [3.8, 4) is 0 Å². The minimum atomic E-state index is 0.613. The van der Waals surface area contributed by atoms with E-state index in [-0.39, 0.29) is 0 Å². The zero-order valence-corrected chi connectivity index (χ0v) is 11.3. The van der Waals surface area contributed by atoms with Gasteiger partial charge in [-0.1, -0.05) is 6.92 Å². The van der Waals surface area contributed by atoms with Crippen molar-refractivity contribution in [1.82, 2.24) is 9.97 Å². The van der Waals surface area contributed by atoms with Crippen LogP contribution in [0.4, 0.5) is 11.6 Å². The highest BCUT2D eigenvalue weighted by Gasteiger charge is 2.29. The number of hydrogen-bond donors (Lipinski definition) is 1. The van der Waals surface area contributed by atoms with Crippen molar-refractivity contribution >= 4 is 11.6 Å². The van der Waals surface area contributed by atoms with E-state index in [0.29, 0.717) is 5.92 Å². The third-order valence-electron chi connectivity index (χ3n) is 3.78. The van der Waals surface area contributed by atoms with Crippen LogP contribution in [0.5, 0.6) is 0 Å². The van der Waals surface area contributed by atoms with Crippen molar-refractivity contribution in [2.45, 2.75) is 39.0 Å². The fourth-order valence-electron chi connectivity index (χ4n) is 2.55. The standard InChI is InChI=1S/C14H22N4/c1-3-15-12-8-13(18-7-6-10(2)9-18)17-14(16-12)11-4-5-11/h8,10-11H,3-7,9H2,1-2H3,(H,15,16,17). The van der Waals surface area contributed by atoms with Crippen molar-refractivity contribution in [2.24, 2.45) is 5.92 Å². The lowest BCUT2D eigenvalue weighted by molar-refractivity contribution is 0.658. The lowest BCUT2D eigenvalue weighted by atomic mass is 10.2. The van der Waals surface area contributed by atoms with E-state index in [4.69, 9.17) is 4.98 Å². The number of nitrogens with one attached hydrogen (secondary N) is 1. The van der Waals surface area contributed by atoms with Crippen LogP contribution in [0.15, 0.2) is 6.07 Å². The Labute approximate surface area is 109 Å². The maximum Gasteiger partial charge on any atom is 0.136 e. The largest absolute Gasteiger partial charge is 0.370 e. The van der Waals surface area contributed by atoms with Crippen LogP contribution in [0.3, 0.4) is 0 Å². The van der Waals surface area contributed by atoms with E-state index in [1.165, 1.54) is 19.3 Å². The molecule has 2 fully saturated rings. The van der Waals surface area contributed by atoms with E-state index in [1.54, 1.807) is 0 Å². The van der Waals surface area contributed by atoms with Crippen LogP contribution < -0.4 is 10.2 Å². The fraction of sp³-hybridized carbons (Fsp3) is 0.714. The van der Waals surface area contributed by atoms with Gasteiger partial charge in [0.1, 0.15) is 17.5 Å². The third kappa shape index (κ3) is 2.42. The van der Waals surface area contributed by atoms with Crippen LogP contribution in [0, 0.1) is 5.92 Å². The molecule has 4 nitrogen and oxygen atoms in total. The normalized spacial score (nSPS) is 23.4. The van der Waals surface area contributed by atoms with Crippen molar-refractivity contribution in [3.05, 3.63) is 11.9 Å². The molecule has 1 saturated carbocycles. The molecule has 2 heterocycles. The highest BCUT2D eigenvalue weighted by molar-refractivity contribution is 5.50. The average Bonchev–Trinajstić information content (AvgIpc) is 3.12. The summed E-state index contributed by atoms with van der Waals surface area (Å²) in [6, 6.07) is 2.10. The first-order valence-corrected chi connectivity index (χ1v) is 7.14. The van der Waals surface area contributed by atoms with Gasteiger partial charge in [0.15, 0.2) is 0 Å². The van der Waals surface area contributed by atoms with Gasteiger partial charge in [0.2, 0.25) is 0 Å². The van der Waals surface area contributed by atoms with Gasteiger partial charge in [-0.2, -0.15) is 0 Å². The molecular formula is C14H22N4. The molecule has 1 aliphatic heterocycles. The first kappa shape index (κ1) is 11.8. The van der Waals surface area contributed by atoms with Gasteiger partial charge >= 0.3 is 0 Å². The molecule has 1 unspecified atom stereocenters. The molecule has 1 atom stereocenters. The molecule has 1 aromatic heterocycles. The third-order valence-corrected chi connectivity index (χ3v) is 3.78. The molecule has 1 aliphatic carbocycles. The number of anilines is 2. The van der Waals surface area contributed by atoms with Gasteiger partial charge in [0.05, 0.1) is 0 Å². The number of aromatic nitrogens is 2. The van der Waals surface area contributed by atoms with E-state index in [9.17, 15) is 0 Å².